The molecule has 1 amide bonds. The van der Waals surface area contributed by atoms with E-state index >= 15 is 0 Å². The van der Waals surface area contributed by atoms with E-state index in [1.807, 2.05) is 4.57 Å². The lowest BCUT2D eigenvalue weighted by Crippen LogP contribution is -2.39. The van der Waals surface area contributed by atoms with E-state index in [0.717, 1.165) is 37.9 Å². The summed E-state index contributed by atoms with van der Waals surface area (Å²) in [7, 11) is -6.67. The normalized spacial score (nSPS) is 17.3. The van der Waals surface area contributed by atoms with Crippen LogP contribution in [-0.4, -0.2) is 88.5 Å². The van der Waals surface area contributed by atoms with E-state index in [-0.39, 0.29) is 64.1 Å². The number of ketones is 1. The van der Waals surface area contributed by atoms with Crippen molar-refractivity contribution >= 4 is 69.4 Å². The number of halogens is 2. The van der Waals surface area contributed by atoms with Crippen LogP contribution in [0.2, 0.25) is 5.02 Å². The van der Waals surface area contributed by atoms with E-state index in [0.29, 0.717) is 27.6 Å². The van der Waals surface area contributed by atoms with Gasteiger partial charge in [-0.15, -0.1) is 6.42 Å². The zero-order valence-electron chi connectivity index (χ0n) is 31.8. The number of amides is 1. The molecule has 16 nitrogen and oxygen atoms in total. The Labute approximate surface area is 342 Å². The first-order chi connectivity index (χ1) is 27.1. The van der Waals surface area contributed by atoms with Crippen LogP contribution in [0.3, 0.4) is 0 Å². The number of sulfone groups is 1. The number of carboxylic acid groups (broad SMARTS) is 1. The number of anilines is 1. The molecule has 4 heterocycles. The van der Waals surface area contributed by atoms with E-state index in [2.05, 4.69) is 34.3 Å². The van der Waals surface area contributed by atoms with Crippen molar-refractivity contribution in [2.45, 2.75) is 62.9 Å². The third-order valence-electron chi connectivity index (χ3n) is 8.99. The number of benzene rings is 2. The molecule has 2 aromatic heterocycles. The number of aliphatic carboxylic acids is 1. The molecule has 3 aliphatic rings. The molecular weight excluding hydrogens is 838 g/mol. The Balaban J connectivity index is 0.000000180. The summed E-state index contributed by atoms with van der Waals surface area (Å²) in [5.74, 6) is 2.12. The largest absolute Gasteiger partial charge is 0.481 e. The Hall–Kier alpha value is -4.70. The number of aromatic nitrogens is 3. The van der Waals surface area contributed by atoms with Crippen LogP contribution in [0.5, 0.6) is 5.75 Å². The number of nitrogens with zero attached hydrogens (tertiary/aromatic N) is 5. The fourth-order valence-corrected chi connectivity index (χ4v) is 8.60. The van der Waals surface area contributed by atoms with Gasteiger partial charge in [0.05, 0.1) is 28.9 Å². The van der Waals surface area contributed by atoms with Crippen molar-refractivity contribution in [2.24, 2.45) is 16.1 Å². The number of terminal acetylenes is 1. The standard InChI is InChI=1S/C18H17FN4O2S.C14H12ClNO4S.C5H12NO4P/c1-4-5-22-13-7-12(11(19)6-14(13)25-9-16(22)24)20-17-23-10-18(2,3)8-15(23)21-26-17;1-21(18,19)12-6-9(15)4-5-10(12)13(17)11-7-16-20-14(11)8-2-3-8;1-11(9,10)3-2-4(6)5(7)8/h1,6-7H,5,8-10H2,2-3H3;4-8H,2-3H2,1H3;4H,2-3,6H2,1H3,(H,7,8)(H,9,10)/b20-17-;;. The molecule has 0 spiro atoms. The van der Waals surface area contributed by atoms with Crippen LogP contribution in [0, 0.1) is 23.6 Å². The van der Waals surface area contributed by atoms with Crippen molar-refractivity contribution in [3.05, 3.63) is 74.9 Å². The van der Waals surface area contributed by atoms with Gasteiger partial charge in [0.25, 0.3) is 5.91 Å². The van der Waals surface area contributed by atoms with Gasteiger partial charge in [-0.25, -0.2) is 17.8 Å². The molecular formula is C37H41ClFN6O10PS2. The predicted octanol–water partition coefficient (Wildman–Crippen LogP) is 4.79. The SMILES string of the molecule is C#CCN1C(=O)COc2cc(F)c(/N=c3\snc4n3CC(C)(C)C4)cc21.CP(=O)(O)CCC(N)C(=O)O.CS(=O)(=O)c1cc(Cl)ccc1C(=O)c1cnoc1C1CC1. The average Bonchev–Trinajstić information content (AvgIpc) is 3.62. The van der Waals surface area contributed by atoms with Crippen LogP contribution in [0.1, 0.15) is 66.5 Å². The summed E-state index contributed by atoms with van der Waals surface area (Å²) >= 11 is 7.08. The van der Waals surface area contributed by atoms with Crippen molar-refractivity contribution in [1.29, 1.82) is 0 Å². The fourth-order valence-electron chi connectivity index (χ4n) is 5.94. The van der Waals surface area contributed by atoms with E-state index in [1.54, 1.807) is 0 Å². The Kier molecular flexibility index (Phi) is 13.5. The van der Waals surface area contributed by atoms with Crippen LogP contribution in [-0.2, 0) is 37.0 Å². The van der Waals surface area contributed by atoms with Gasteiger partial charge >= 0.3 is 5.97 Å². The van der Waals surface area contributed by atoms with E-state index in [9.17, 15) is 31.8 Å². The van der Waals surface area contributed by atoms with Gasteiger partial charge in [-0.3, -0.25) is 23.8 Å². The number of ether oxygens (including phenoxy) is 1. The Morgan fingerprint density at radius 3 is 2.59 bits per heavy atom. The van der Waals surface area contributed by atoms with Crippen LogP contribution < -0.4 is 20.2 Å². The first-order valence-electron chi connectivity index (χ1n) is 17.7. The topological polar surface area (TPSA) is 238 Å². The van der Waals surface area contributed by atoms with Gasteiger partial charge < -0.3 is 29.6 Å². The van der Waals surface area contributed by atoms with Crippen molar-refractivity contribution in [1.82, 2.24) is 14.1 Å². The maximum atomic E-state index is 14.5. The Morgan fingerprint density at radius 2 is 1.97 bits per heavy atom. The van der Waals surface area contributed by atoms with Gasteiger partial charge in [-0.05, 0) is 48.9 Å². The van der Waals surface area contributed by atoms with Crippen LogP contribution in [0.4, 0.5) is 15.8 Å². The summed E-state index contributed by atoms with van der Waals surface area (Å²) < 4.78 is 65.8. The minimum Gasteiger partial charge on any atom is -0.481 e. The monoisotopic (exact) mass is 878 g/mol. The predicted molar refractivity (Wildman–Crippen MR) is 213 cm³/mol. The highest BCUT2D eigenvalue weighted by molar-refractivity contribution is 7.90. The Bertz CT molecular complexity index is 2520. The first-order valence-corrected chi connectivity index (χ1v) is 23.0. The lowest BCUT2D eigenvalue weighted by atomic mass is 9.92. The smallest absolute Gasteiger partial charge is 0.320 e. The van der Waals surface area contributed by atoms with E-state index in [4.69, 9.17) is 43.0 Å². The molecule has 0 bridgehead atoms. The molecule has 0 radical (unpaired) electrons. The molecule has 2 aliphatic heterocycles. The highest BCUT2D eigenvalue weighted by Crippen LogP contribution is 2.42. The van der Waals surface area contributed by atoms with Crippen molar-refractivity contribution in [3.8, 4) is 18.1 Å². The lowest BCUT2D eigenvalue weighted by Gasteiger charge is -2.28. The Morgan fingerprint density at radius 1 is 1.26 bits per heavy atom. The maximum Gasteiger partial charge on any atom is 0.320 e. The molecule has 310 valence electrons. The van der Waals surface area contributed by atoms with Crippen molar-refractivity contribution in [3.63, 3.8) is 0 Å². The third-order valence-corrected chi connectivity index (χ3v) is 12.2. The summed E-state index contributed by atoms with van der Waals surface area (Å²) in [5.41, 5.74) is 6.18. The number of carboxylic acids is 1. The maximum absolute atomic E-state index is 14.5. The zero-order valence-corrected chi connectivity index (χ0v) is 35.1. The highest BCUT2D eigenvalue weighted by atomic mass is 35.5. The molecule has 1 saturated carbocycles. The number of fused-ring (bicyclic) bond motifs is 2. The number of hydrogen-bond acceptors (Lipinski definition) is 13. The van der Waals surface area contributed by atoms with Gasteiger partial charge in [0, 0.05) is 66.2 Å². The van der Waals surface area contributed by atoms with Gasteiger partial charge in [-0.2, -0.15) is 4.37 Å². The minimum absolute atomic E-state index is 0.0412. The van der Waals surface area contributed by atoms with Gasteiger partial charge in [-0.1, -0.05) is 36.5 Å². The van der Waals surface area contributed by atoms with Crippen LogP contribution in [0.25, 0.3) is 0 Å². The fraction of sp³-hybridized carbons (Fsp3) is 0.405. The molecule has 1 aliphatic carbocycles. The number of carbonyl (C=O) groups is 3. The first kappa shape index (κ1) is 44.4. The molecule has 7 rings (SSSR count). The van der Waals surface area contributed by atoms with E-state index < -0.39 is 40.8 Å². The molecule has 2 unspecified atom stereocenters. The highest BCUT2D eigenvalue weighted by Gasteiger charge is 2.34. The lowest BCUT2D eigenvalue weighted by molar-refractivity contribution is -0.138. The molecule has 4 N–H and O–H groups in total. The third kappa shape index (κ3) is 11.1. The second kappa shape index (κ2) is 17.7. The summed E-state index contributed by atoms with van der Waals surface area (Å²) in [6.45, 7) is 6.24. The van der Waals surface area contributed by atoms with Crippen molar-refractivity contribution in [2.75, 3.05) is 37.1 Å². The molecule has 0 saturated heterocycles. The zero-order chi connectivity index (χ0) is 42.7. The quantitative estimate of drug-likeness (QED) is 0.111. The number of hydrogen-bond donors (Lipinski definition) is 3. The average molecular weight is 879 g/mol. The number of carbonyl (C=O) groups excluding carboxylic acids is 2. The number of rotatable bonds is 10. The van der Waals surface area contributed by atoms with E-state index in [1.165, 1.54) is 59.6 Å². The summed E-state index contributed by atoms with van der Waals surface area (Å²) in [5, 5.41) is 12.2. The summed E-state index contributed by atoms with van der Waals surface area (Å²) in [4.78, 5) is 50.0. The molecule has 4 aromatic rings. The van der Waals surface area contributed by atoms with Crippen LogP contribution in [0.15, 0.2) is 50.9 Å². The molecule has 58 heavy (non-hydrogen) atoms. The number of nitrogens with two attached hydrogens (primary N) is 1. The van der Waals surface area contributed by atoms with Gasteiger partial charge in [0.2, 0.25) is 4.80 Å². The van der Waals surface area contributed by atoms with Gasteiger partial charge in [0.1, 0.15) is 23.3 Å². The molecule has 1 fully saturated rings. The van der Waals surface area contributed by atoms with Crippen LogP contribution >= 0.6 is 30.5 Å². The minimum atomic E-state index is -3.57. The second-order valence-electron chi connectivity index (χ2n) is 14.8. The second-order valence-corrected chi connectivity index (χ2v) is 20.5. The van der Waals surface area contributed by atoms with Gasteiger partial charge in [0.15, 0.2) is 41.2 Å². The van der Waals surface area contributed by atoms with Crippen molar-refractivity contribution < 1.29 is 51.0 Å². The molecule has 2 atom stereocenters. The summed E-state index contributed by atoms with van der Waals surface area (Å²) in [6.07, 6.45) is 10.5. The summed E-state index contributed by atoms with van der Waals surface area (Å²) in [6, 6.07) is 5.93. The molecule has 2 aromatic carbocycles. The molecule has 21 heteroatoms.